The first-order valence-corrected chi connectivity index (χ1v) is 10.2. The van der Waals surface area contributed by atoms with Gasteiger partial charge in [0, 0.05) is 52.4 Å². The van der Waals surface area contributed by atoms with Crippen LogP contribution in [0.1, 0.15) is 26.5 Å². The molecule has 2 heterocycles. The van der Waals surface area contributed by atoms with Gasteiger partial charge in [0.25, 0.3) is 0 Å². The molecule has 142 valence electrons. The molecule has 1 fully saturated rings. The molecule has 1 aliphatic heterocycles. The van der Waals surface area contributed by atoms with Crippen LogP contribution in [0, 0.1) is 0 Å². The van der Waals surface area contributed by atoms with Gasteiger partial charge >= 0.3 is 0 Å². The van der Waals surface area contributed by atoms with Crippen molar-refractivity contribution in [1.82, 2.24) is 20.3 Å². The summed E-state index contributed by atoms with van der Waals surface area (Å²) in [7, 11) is -1.41. The standard InChI is InChI=1S/C16H29N5O3S/c1-16(2,3)25(22,23)12-6-18-15(17-4)21-9-7-20(8-10-21)13-14-5-11-24-19-14/h5,11H,6-10,12-13H2,1-4H3,(H,17,18). The highest BCUT2D eigenvalue weighted by atomic mass is 32.2. The molecule has 25 heavy (non-hydrogen) atoms. The number of nitrogens with one attached hydrogen (secondary N) is 1. The van der Waals surface area contributed by atoms with Crippen LogP contribution in [-0.2, 0) is 16.4 Å². The largest absolute Gasteiger partial charge is 0.364 e. The Hall–Kier alpha value is -1.61. The van der Waals surface area contributed by atoms with Gasteiger partial charge in [-0.3, -0.25) is 9.89 Å². The highest BCUT2D eigenvalue weighted by Gasteiger charge is 2.28. The van der Waals surface area contributed by atoms with Gasteiger partial charge in [0.05, 0.1) is 16.2 Å². The highest BCUT2D eigenvalue weighted by Crippen LogP contribution is 2.15. The zero-order valence-corrected chi connectivity index (χ0v) is 16.3. The van der Waals surface area contributed by atoms with Crippen LogP contribution < -0.4 is 5.32 Å². The fourth-order valence-electron chi connectivity index (χ4n) is 2.60. The van der Waals surface area contributed by atoms with Crippen molar-refractivity contribution in [2.75, 3.05) is 45.5 Å². The van der Waals surface area contributed by atoms with Crippen molar-refractivity contribution in [2.45, 2.75) is 32.1 Å². The number of guanidine groups is 1. The summed E-state index contributed by atoms with van der Waals surface area (Å²) < 4.78 is 28.5. The van der Waals surface area contributed by atoms with Crippen molar-refractivity contribution in [2.24, 2.45) is 4.99 Å². The van der Waals surface area contributed by atoms with Crippen molar-refractivity contribution in [3.63, 3.8) is 0 Å². The van der Waals surface area contributed by atoms with Gasteiger partial charge in [0.2, 0.25) is 0 Å². The lowest BCUT2D eigenvalue weighted by Crippen LogP contribution is -2.52. The van der Waals surface area contributed by atoms with E-state index in [1.54, 1.807) is 34.1 Å². The summed E-state index contributed by atoms with van der Waals surface area (Å²) in [5.41, 5.74) is 0.934. The van der Waals surface area contributed by atoms with E-state index < -0.39 is 14.6 Å². The van der Waals surface area contributed by atoms with Crippen LogP contribution in [0.5, 0.6) is 0 Å². The van der Waals surface area contributed by atoms with E-state index in [1.807, 2.05) is 6.07 Å². The summed E-state index contributed by atoms with van der Waals surface area (Å²) in [6.07, 6.45) is 1.59. The summed E-state index contributed by atoms with van der Waals surface area (Å²) in [6, 6.07) is 1.88. The topological polar surface area (TPSA) is 91.0 Å². The van der Waals surface area contributed by atoms with Crippen LogP contribution in [0.2, 0.25) is 0 Å². The van der Waals surface area contributed by atoms with Crippen LogP contribution in [0.15, 0.2) is 21.8 Å². The number of hydrogen-bond donors (Lipinski definition) is 1. The van der Waals surface area contributed by atoms with E-state index in [0.717, 1.165) is 44.4 Å². The molecule has 1 aromatic rings. The molecule has 1 saturated heterocycles. The smallest absolute Gasteiger partial charge is 0.193 e. The second kappa shape index (κ2) is 8.18. The highest BCUT2D eigenvalue weighted by molar-refractivity contribution is 7.92. The van der Waals surface area contributed by atoms with Crippen molar-refractivity contribution < 1.29 is 12.9 Å². The number of rotatable bonds is 5. The van der Waals surface area contributed by atoms with Gasteiger partial charge in [0.1, 0.15) is 6.26 Å². The Morgan fingerprint density at radius 1 is 1.32 bits per heavy atom. The molecular weight excluding hydrogens is 342 g/mol. The zero-order valence-electron chi connectivity index (χ0n) is 15.5. The summed E-state index contributed by atoms with van der Waals surface area (Å²) in [5, 5.41) is 7.12. The Kier molecular flexibility index (Phi) is 6.45. The Balaban J connectivity index is 1.78. The van der Waals surface area contributed by atoms with E-state index >= 15 is 0 Å². The first kappa shape index (κ1) is 19.7. The van der Waals surface area contributed by atoms with Crippen LogP contribution in [-0.4, -0.2) is 79.6 Å². The molecule has 0 aliphatic carbocycles. The maximum atomic E-state index is 12.2. The van der Waals surface area contributed by atoms with Crippen molar-refractivity contribution >= 4 is 15.8 Å². The van der Waals surface area contributed by atoms with Crippen molar-refractivity contribution in [3.8, 4) is 0 Å². The molecule has 1 N–H and O–H groups in total. The molecule has 0 radical (unpaired) electrons. The average Bonchev–Trinajstić information content (AvgIpc) is 3.04. The van der Waals surface area contributed by atoms with E-state index in [4.69, 9.17) is 4.52 Å². The zero-order chi connectivity index (χ0) is 18.5. The number of piperazine rings is 1. The lowest BCUT2D eigenvalue weighted by molar-refractivity contribution is 0.169. The predicted molar refractivity (Wildman–Crippen MR) is 98.3 cm³/mol. The molecule has 0 aromatic carbocycles. The van der Waals surface area contributed by atoms with Gasteiger partial charge < -0.3 is 14.7 Å². The maximum absolute atomic E-state index is 12.2. The average molecular weight is 372 g/mol. The third-order valence-corrected chi connectivity index (χ3v) is 6.96. The molecule has 0 bridgehead atoms. The fourth-order valence-corrected chi connectivity index (χ4v) is 3.58. The van der Waals surface area contributed by atoms with Crippen molar-refractivity contribution in [3.05, 3.63) is 18.0 Å². The molecule has 0 spiro atoms. The van der Waals surface area contributed by atoms with E-state index in [9.17, 15) is 8.42 Å². The SMILES string of the molecule is CN=C(NCCS(=O)(=O)C(C)(C)C)N1CCN(Cc2ccon2)CC1. The minimum Gasteiger partial charge on any atom is -0.364 e. The van der Waals surface area contributed by atoms with Crippen LogP contribution in [0.4, 0.5) is 0 Å². The molecule has 2 rings (SSSR count). The number of nitrogens with zero attached hydrogens (tertiary/aromatic N) is 4. The fraction of sp³-hybridized carbons (Fsp3) is 0.750. The molecule has 0 amide bonds. The molecule has 9 heteroatoms. The molecule has 1 aromatic heterocycles. The third kappa shape index (κ3) is 5.43. The second-order valence-electron chi connectivity index (χ2n) is 7.16. The molecule has 0 atom stereocenters. The van der Waals surface area contributed by atoms with Crippen LogP contribution in [0.3, 0.4) is 0 Å². The maximum Gasteiger partial charge on any atom is 0.193 e. The summed E-state index contributed by atoms with van der Waals surface area (Å²) in [4.78, 5) is 8.75. The molecule has 1 aliphatic rings. The van der Waals surface area contributed by atoms with Gasteiger partial charge in [-0.25, -0.2) is 8.42 Å². The Morgan fingerprint density at radius 3 is 2.52 bits per heavy atom. The summed E-state index contributed by atoms with van der Waals surface area (Å²) in [5.74, 6) is 0.854. The predicted octanol–water partition coefficient (Wildman–Crippen LogP) is 0.581. The van der Waals surface area contributed by atoms with Gasteiger partial charge in [-0.2, -0.15) is 0 Å². The van der Waals surface area contributed by atoms with Crippen LogP contribution in [0.25, 0.3) is 0 Å². The quantitative estimate of drug-likeness (QED) is 0.598. The number of aromatic nitrogens is 1. The van der Waals surface area contributed by atoms with Crippen molar-refractivity contribution in [1.29, 1.82) is 0 Å². The molecule has 0 unspecified atom stereocenters. The Labute approximate surface area is 150 Å². The Morgan fingerprint density at radius 2 is 2.00 bits per heavy atom. The first-order chi connectivity index (χ1) is 11.7. The summed E-state index contributed by atoms with van der Waals surface area (Å²) in [6.45, 7) is 9.79. The van der Waals surface area contributed by atoms with Gasteiger partial charge in [-0.1, -0.05) is 5.16 Å². The van der Waals surface area contributed by atoms with Crippen LogP contribution >= 0.6 is 0 Å². The van der Waals surface area contributed by atoms with E-state index in [-0.39, 0.29) is 5.75 Å². The first-order valence-electron chi connectivity index (χ1n) is 8.52. The van der Waals surface area contributed by atoms with Gasteiger partial charge in [0.15, 0.2) is 15.8 Å². The number of aliphatic imine (C=N–C) groups is 1. The lowest BCUT2D eigenvalue weighted by atomic mass is 10.3. The second-order valence-corrected chi connectivity index (χ2v) is 10.0. The third-order valence-electron chi connectivity index (χ3n) is 4.35. The summed E-state index contributed by atoms with van der Waals surface area (Å²) >= 11 is 0. The Bertz CT molecular complexity index is 656. The minimum atomic E-state index is -3.13. The number of hydrogen-bond acceptors (Lipinski definition) is 6. The van der Waals surface area contributed by atoms with E-state index in [0.29, 0.717) is 6.54 Å². The number of sulfone groups is 1. The minimum absolute atomic E-state index is 0.0989. The lowest BCUT2D eigenvalue weighted by Gasteiger charge is -2.36. The molecular formula is C16H29N5O3S. The van der Waals surface area contributed by atoms with Gasteiger partial charge in [-0.15, -0.1) is 0 Å². The normalized spacial score (nSPS) is 17.8. The monoisotopic (exact) mass is 371 g/mol. The van der Waals surface area contributed by atoms with E-state index in [1.165, 1.54) is 0 Å². The molecule has 0 saturated carbocycles. The molecule has 8 nitrogen and oxygen atoms in total. The van der Waals surface area contributed by atoms with Gasteiger partial charge in [-0.05, 0) is 20.8 Å². The van der Waals surface area contributed by atoms with E-state index in [2.05, 4.69) is 25.3 Å².